The molecule has 0 aliphatic carbocycles. The molecule has 2 rings (SSSR count). The van der Waals surface area contributed by atoms with Crippen molar-refractivity contribution in [3.63, 3.8) is 0 Å². The zero-order valence-corrected chi connectivity index (χ0v) is 18.9. The van der Waals surface area contributed by atoms with Gasteiger partial charge in [-0.2, -0.15) is 0 Å². The van der Waals surface area contributed by atoms with Gasteiger partial charge in [0.2, 0.25) is 11.8 Å². The summed E-state index contributed by atoms with van der Waals surface area (Å²) >= 11 is 0. The molecule has 6 nitrogen and oxygen atoms in total. The van der Waals surface area contributed by atoms with E-state index in [1.165, 1.54) is 0 Å². The van der Waals surface area contributed by atoms with Crippen LogP contribution >= 0.6 is 0 Å². The average Bonchev–Trinajstić information content (AvgIpc) is 2.71. The summed E-state index contributed by atoms with van der Waals surface area (Å²) in [6, 6.07) is 14.7. The fourth-order valence-electron chi connectivity index (χ4n) is 2.71. The number of anilines is 2. The number of carbonyl (C=O) groups is 2. The third-order valence-electron chi connectivity index (χ3n) is 4.21. The lowest BCUT2D eigenvalue weighted by molar-refractivity contribution is -0.117. The third-order valence-corrected chi connectivity index (χ3v) is 4.21. The summed E-state index contributed by atoms with van der Waals surface area (Å²) in [5.41, 5.74) is 1.38. The monoisotopic (exact) mass is 426 g/mol. The summed E-state index contributed by atoms with van der Waals surface area (Å²) in [5, 5.41) is 5.71. The number of ether oxygens (including phenoxy) is 2. The number of benzene rings is 2. The van der Waals surface area contributed by atoms with E-state index in [0.717, 1.165) is 11.5 Å². The van der Waals surface area contributed by atoms with Crippen LogP contribution in [-0.4, -0.2) is 25.0 Å². The van der Waals surface area contributed by atoms with E-state index in [-0.39, 0.29) is 24.7 Å². The second kappa shape index (κ2) is 12.6. The van der Waals surface area contributed by atoms with Crippen LogP contribution in [0.1, 0.15) is 47.0 Å². The van der Waals surface area contributed by atoms with Crippen molar-refractivity contribution in [1.29, 1.82) is 0 Å². The first-order chi connectivity index (χ1) is 14.8. The molecule has 0 atom stereocenters. The molecule has 6 heteroatoms. The number of hydrogen-bond acceptors (Lipinski definition) is 4. The molecule has 0 aromatic heterocycles. The van der Waals surface area contributed by atoms with Crippen LogP contribution in [0.4, 0.5) is 11.4 Å². The lowest BCUT2D eigenvalue weighted by Crippen LogP contribution is -2.15. The molecule has 0 fully saturated rings. The van der Waals surface area contributed by atoms with Gasteiger partial charge >= 0.3 is 0 Å². The minimum atomic E-state index is -0.127. The summed E-state index contributed by atoms with van der Waals surface area (Å²) in [5.74, 6) is 2.06. The highest BCUT2D eigenvalue weighted by molar-refractivity contribution is 5.93. The van der Waals surface area contributed by atoms with Crippen LogP contribution in [0.3, 0.4) is 0 Å². The molecule has 0 saturated carbocycles. The molecule has 0 unspecified atom stereocenters. The molecule has 31 heavy (non-hydrogen) atoms. The quantitative estimate of drug-likeness (QED) is 0.470. The highest BCUT2D eigenvalue weighted by atomic mass is 16.5. The molecule has 2 aromatic carbocycles. The topological polar surface area (TPSA) is 76.7 Å². The van der Waals surface area contributed by atoms with Crippen LogP contribution < -0.4 is 20.1 Å². The second-order valence-electron chi connectivity index (χ2n) is 8.42. The number of nitrogens with one attached hydrogen (secondary N) is 2. The molecule has 0 heterocycles. The highest BCUT2D eigenvalue weighted by Crippen LogP contribution is 2.20. The fraction of sp³-hybridized carbons (Fsp3) is 0.440. The molecule has 168 valence electrons. The van der Waals surface area contributed by atoms with E-state index in [9.17, 15) is 9.59 Å². The Balaban J connectivity index is 1.73. The van der Waals surface area contributed by atoms with Crippen LogP contribution in [0.2, 0.25) is 0 Å². The number of amides is 2. The zero-order chi connectivity index (χ0) is 22.6. The summed E-state index contributed by atoms with van der Waals surface area (Å²) in [6.45, 7) is 9.58. The molecule has 0 bridgehead atoms. The van der Waals surface area contributed by atoms with Crippen LogP contribution in [0.5, 0.6) is 11.5 Å². The van der Waals surface area contributed by atoms with Crippen molar-refractivity contribution in [3.05, 3.63) is 48.5 Å². The van der Waals surface area contributed by atoms with Crippen molar-refractivity contribution < 1.29 is 19.1 Å². The van der Waals surface area contributed by atoms with Crippen molar-refractivity contribution in [2.45, 2.75) is 47.0 Å². The number of hydrogen-bond donors (Lipinski definition) is 2. The Hall–Kier alpha value is -3.02. The Morgan fingerprint density at radius 1 is 0.742 bits per heavy atom. The average molecular weight is 427 g/mol. The van der Waals surface area contributed by atoms with Crippen molar-refractivity contribution in [3.8, 4) is 11.5 Å². The summed E-state index contributed by atoms with van der Waals surface area (Å²) < 4.78 is 11.4. The molecule has 0 aliphatic rings. The smallest absolute Gasteiger partial charge is 0.224 e. The predicted octanol–water partition coefficient (Wildman–Crippen LogP) is 5.50. The first kappa shape index (κ1) is 24.3. The SMILES string of the molecule is CC(C)COc1cccc(NC(=O)CCCC(=O)Nc2cccc(OCC(C)C)c2)c1. The largest absolute Gasteiger partial charge is 0.493 e. The lowest BCUT2D eigenvalue weighted by Gasteiger charge is -2.11. The van der Waals surface area contributed by atoms with Crippen LogP contribution in [0.15, 0.2) is 48.5 Å². The van der Waals surface area contributed by atoms with Gasteiger partial charge in [0, 0.05) is 36.3 Å². The van der Waals surface area contributed by atoms with Crippen LogP contribution in [0.25, 0.3) is 0 Å². The van der Waals surface area contributed by atoms with Crippen LogP contribution in [0, 0.1) is 11.8 Å². The van der Waals surface area contributed by atoms with E-state index >= 15 is 0 Å². The van der Waals surface area contributed by atoms with Gasteiger partial charge in [-0.15, -0.1) is 0 Å². The number of rotatable bonds is 12. The van der Waals surface area contributed by atoms with E-state index in [4.69, 9.17) is 9.47 Å². The zero-order valence-electron chi connectivity index (χ0n) is 18.9. The van der Waals surface area contributed by atoms with E-state index < -0.39 is 0 Å². The number of carbonyl (C=O) groups excluding carboxylic acids is 2. The van der Waals surface area contributed by atoms with Gasteiger partial charge in [-0.1, -0.05) is 39.8 Å². The first-order valence-corrected chi connectivity index (χ1v) is 10.9. The molecule has 2 N–H and O–H groups in total. The van der Waals surface area contributed by atoms with E-state index in [2.05, 4.69) is 38.3 Å². The summed E-state index contributed by atoms with van der Waals surface area (Å²) in [6.07, 6.45) is 0.995. The van der Waals surface area contributed by atoms with Gasteiger partial charge in [0.05, 0.1) is 13.2 Å². The molecule has 0 spiro atoms. The predicted molar refractivity (Wildman–Crippen MR) is 125 cm³/mol. The minimum absolute atomic E-state index is 0.127. The molecular weight excluding hydrogens is 392 g/mol. The second-order valence-corrected chi connectivity index (χ2v) is 8.42. The van der Waals surface area contributed by atoms with E-state index in [1.807, 2.05) is 36.4 Å². The third kappa shape index (κ3) is 10.0. The lowest BCUT2D eigenvalue weighted by atomic mass is 10.2. The Morgan fingerprint density at radius 2 is 1.16 bits per heavy atom. The van der Waals surface area contributed by atoms with Crippen molar-refractivity contribution in [1.82, 2.24) is 0 Å². The molecular formula is C25H34N2O4. The van der Waals surface area contributed by atoms with E-state index in [0.29, 0.717) is 42.8 Å². The van der Waals surface area contributed by atoms with E-state index in [1.54, 1.807) is 12.1 Å². The normalized spacial score (nSPS) is 10.8. The maximum Gasteiger partial charge on any atom is 0.224 e. The Bertz CT molecular complexity index is 779. The van der Waals surface area contributed by atoms with Gasteiger partial charge in [-0.05, 0) is 42.5 Å². The molecule has 0 radical (unpaired) electrons. The fourth-order valence-corrected chi connectivity index (χ4v) is 2.71. The molecule has 0 aliphatic heterocycles. The van der Waals surface area contributed by atoms with Crippen molar-refractivity contribution >= 4 is 23.2 Å². The first-order valence-electron chi connectivity index (χ1n) is 10.9. The minimum Gasteiger partial charge on any atom is -0.493 e. The molecule has 2 aromatic rings. The Labute approximate surface area is 185 Å². The van der Waals surface area contributed by atoms with Gasteiger partial charge in [0.25, 0.3) is 0 Å². The molecule has 2 amide bonds. The van der Waals surface area contributed by atoms with Gasteiger partial charge in [0.1, 0.15) is 11.5 Å². The highest BCUT2D eigenvalue weighted by Gasteiger charge is 2.08. The van der Waals surface area contributed by atoms with Gasteiger partial charge in [-0.3, -0.25) is 9.59 Å². The Kier molecular flexibility index (Phi) is 9.88. The van der Waals surface area contributed by atoms with Crippen molar-refractivity contribution in [2.75, 3.05) is 23.8 Å². The molecule has 0 saturated heterocycles. The van der Waals surface area contributed by atoms with Gasteiger partial charge in [-0.25, -0.2) is 0 Å². The Morgan fingerprint density at radius 3 is 1.55 bits per heavy atom. The summed E-state index contributed by atoms with van der Waals surface area (Å²) in [7, 11) is 0. The van der Waals surface area contributed by atoms with Crippen molar-refractivity contribution in [2.24, 2.45) is 11.8 Å². The summed E-state index contributed by atoms with van der Waals surface area (Å²) in [4.78, 5) is 24.4. The maximum absolute atomic E-state index is 12.2. The van der Waals surface area contributed by atoms with Gasteiger partial charge in [0.15, 0.2) is 0 Å². The maximum atomic E-state index is 12.2. The van der Waals surface area contributed by atoms with Gasteiger partial charge < -0.3 is 20.1 Å². The standard InChI is InChI=1S/C25H34N2O4/c1-18(2)16-30-22-10-5-8-20(14-22)26-24(28)12-7-13-25(29)27-21-9-6-11-23(15-21)31-17-19(3)4/h5-6,8-11,14-15,18-19H,7,12-13,16-17H2,1-4H3,(H,26,28)(H,27,29). The van der Waals surface area contributed by atoms with Crippen LogP contribution in [-0.2, 0) is 9.59 Å².